The van der Waals surface area contributed by atoms with Gasteiger partial charge in [0, 0.05) is 11.3 Å². The van der Waals surface area contributed by atoms with Crippen LogP contribution in [0.2, 0.25) is 10.0 Å². The number of imide groups is 1. The Morgan fingerprint density at radius 3 is 2.15 bits per heavy atom. The molecule has 7 rings (SSSR count). The minimum Gasteiger partial charge on any atom is -0.497 e. The van der Waals surface area contributed by atoms with Crippen LogP contribution in [0.15, 0.2) is 54.6 Å². The zero-order valence-electron chi connectivity index (χ0n) is 18.4. The Hall–Kier alpha value is -2.83. The third kappa shape index (κ3) is 3.19. The van der Waals surface area contributed by atoms with Gasteiger partial charge in [0.2, 0.25) is 11.8 Å². The number of ether oxygens (including phenoxy) is 1. The second-order valence-electron chi connectivity index (χ2n) is 9.46. The van der Waals surface area contributed by atoms with Gasteiger partial charge in [-0.25, -0.2) is 0 Å². The first-order valence-corrected chi connectivity index (χ1v) is 12.1. The van der Waals surface area contributed by atoms with Crippen LogP contribution >= 0.6 is 23.2 Å². The number of hydrogen-bond donors (Lipinski definition) is 0. The van der Waals surface area contributed by atoms with Crippen molar-refractivity contribution in [2.75, 3.05) is 18.7 Å². The maximum Gasteiger partial charge on any atom is 0.259 e. The molecule has 1 heterocycles. The maximum absolute atomic E-state index is 13.6. The van der Waals surface area contributed by atoms with Crippen LogP contribution in [0.25, 0.3) is 0 Å². The van der Waals surface area contributed by atoms with Crippen LogP contribution < -0.4 is 9.64 Å². The quantitative estimate of drug-likeness (QED) is 0.445. The van der Waals surface area contributed by atoms with Crippen molar-refractivity contribution in [2.24, 2.45) is 35.5 Å². The van der Waals surface area contributed by atoms with Gasteiger partial charge < -0.3 is 4.74 Å². The smallest absolute Gasteiger partial charge is 0.259 e. The number of amides is 3. The molecular formula is C26H22Cl2N2O4. The maximum atomic E-state index is 13.6. The highest BCUT2D eigenvalue weighted by atomic mass is 35.5. The summed E-state index contributed by atoms with van der Waals surface area (Å²) in [5, 5.41) is 0.591. The zero-order valence-corrected chi connectivity index (χ0v) is 19.9. The molecule has 0 aromatic heterocycles. The van der Waals surface area contributed by atoms with Gasteiger partial charge in [0.25, 0.3) is 5.91 Å². The molecule has 3 amide bonds. The second-order valence-corrected chi connectivity index (χ2v) is 10.3. The lowest BCUT2D eigenvalue weighted by molar-refractivity contribution is -0.140. The zero-order chi connectivity index (χ0) is 23.7. The molecule has 6 nitrogen and oxygen atoms in total. The van der Waals surface area contributed by atoms with Crippen molar-refractivity contribution < 1.29 is 19.1 Å². The fraction of sp³-hybridized carbons (Fsp3) is 0.346. The van der Waals surface area contributed by atoms with Crippen molar-refractivity contribution in [1.82, 2.24) is 4.90 Å². The van der Waals surface area contributed by atoms with E-state index in [9.17, 15) is 14.4 Å². The highest BCUT2D eigenvalue weighted by molar-refractivity contribution is 6.42. The van der Waals surface area contributed by atoms with E-state index in [0.29, 0.717) is 33.9 Å². The van der Waals surface area contributed by atoms with Crippen LogP contribution in [0.1, 0.15) is 16.8 Å². The summed E-state index contributed by atoms with van der Waals surface area (Å²) in [4.78, 5) is 43.3. The highest BCUT2D eigenvalue weighted by Gasteiger charge is 2.67. The molecule has 0 spiro atoms. The molecule has 5 aliphatic rings. The lowest BCUT2D eigenvalue weighted by Crippen LogP contribution is -2.45. The lowest BCUT2D eigenvalue weighted by Gasteiger charge is -2.37. The van der Waals surface area contributed by atoms with Crippen LogP contribution in [-0.4, -0.2) is 36.4 Å². The molecule has 3 fully saturated rings. The number of carbonyl (C=O) groups excluding carboxylic acids is 3. The van der Waals surface area contributed by atoms with Crippen LogP contribution in [0.3, 0.4) is 0 Å². The molecule has 2 aromatic rings. The first-order chi connectivity index (χ1) is 16.4. The third-order valence-corrected chi connectivity index (χ3v) is 8.57. The highest BCUT2D eigenvalue weighted by Crippen LogP contribution is 2.65. The van der Waals surface area contributed by atoms with Gasteiger partial charge in [-0.15, -0.1) is 0 Å². The van der Waals surface area contributed by atoms with Crippen LogP contribution in [-0.2, 0) is 9.59 Å². The normalized spacial score (nSPS) is 30.3. The number of hydrogen-bond acceptors (Lipinski definition) is 4. The van der Waals surface area contributed by atoms with Crippen molar-refractivity contribution in [2.45, 2.75) is 6.42 Å². The summed E-state index contributed by atoms with van der Waals surface area (Å²) >= 11 is 12.2. The third-order valence-electron chi connectivity index (χ3n) is 7.83. The van der Waals surface area contributed by atoms with Gasteiger partial charge in [-0.3, -0.25) is 24.2 Å². The molecule has 2 aromatic carbocycles. The average molecular weight is 497 g/mol. The topological polar surface area (TPSA) is 66.9 Å². The summed E-state index contributed by atoms with van der Waals surface area (Å²) in [6.45, 7) is -0.162. The van der Waals surface area contributed by atoms with E-state index in [1.807, 2.05) is 0 Å². The summed E-state index contributed by atoms with van der Waals surface area (Å²) in [6.07, 6.45) is 5.37. The number of anilines is 1. The van der Waals surface area contributed by atoms with Gasteiger partial charge in [0.15, 0.2) is 0 Å². The number of likely N-dealkylation sites (tertiary alicyclic amines) is 1. The van der Waals surface area contributed by atoms with E-state index >= 15 is 0 Å². The first kappa shape index (κ1) is 21.7. The molecule has 4 aliphatic carbocycles. The van der Waals surface area contributed by atoms with E-state index < -0.39 is 0 Å². The predicted molar refractivity (Wildman–Crippen MR) is 128 cm³/mol. The van der Waals surface area contributed by atoms with Gasteiger partial charge in [-0.2, -0.15) is 0 Å². The van der Waals surface area contributed by atoms with E-state index in [4.69, 9.17) is 27.9 Å². The molecule has 1 aliphatic heterocycles. The van der Waals surface area contributed by atoms with Crippen molar-refractivity contribution in [3.8, 4) is 5.75 Å². The fourth-order valence-corrected chi connectivity index (χ4v) is 6.41. The summed E-state index contributed by atoms with van der Waals surface area (Å²) in [5.41, 5.74) is 0.848. The van der Waals surface area contributed by atoms with Gasteiger partial charge in [0.1, 0.15) is 12.4 Å². The van der Waals surface area contributed by atoms with Crippen LogP contribution in [0.4, 0.5) is 5.69 Å². The van der Waals surface area contributed by atoms with Crippen molar-refractivity contribution >= 4 is 46.6 Å². The molecule has 2 saturated carbocycles. The minimum atomic E-state index is -0.386. The predicted octanol–water partition coefficient (Wildman–Crippen LogP) is 4.66. The SMILES string of the molecule is COc1ccc(N(CN2C(=O)[C@H]3[C@@H]4C=C[C@H]([C@H]5C[C@H]45)[C@@H]3C2=O)C(=O)c2ccc(Cl)c(Cl)c2)cc1. The molecule has 0 unspecified atom stereocenters. The van der Waals surface area contributed by atoms with E-state index in [-0.39, 0.29) is 53.1 Å². The molecule has 2 bridgehead atoms. The Labute approximate surface area is 207 Å². The monoisotopic (exact) mass is 496 g/mol. The van der Waals surface area contributed by atoms with Gasteiger partial charge >= 0.3 is 0 Å². The Kier molecular flexibility index (Phi) is 5.01. The summed E-state index contributed by atoms with van der Waals surface area (Å²) in [7, 11) is 1.56. The van der Waals surface area contributed by atoms with Crippen molar-refractivity contribution in [3.63, 3.8) is 0 Å². The molecule has 174 valence electrons. The van der Waals surface area contributed by atoms with E-state index in [1.165, 1.54) is 15.9 Å². The van der Waals surface area contributed by atoms with E-state index in [1.54, 1.807) is 43.5 Å². The number of benzene rings is 2. The molecule has 6 atom stereocenters. The Morgan fingerprint density at radius 1 is 0.971 bits per heavy atom. The molecule has 1 saturated heterocycles. The number of nitrogens with zero attached hydrogens (tertiary/aromatic N) is 2. The molecule has 8 heteroatoms. The van der Waals surface area contributed by atoms with E-state index in [0.717, 1.165) is 6.42 Å². The lowest BCUT2D eigenvalue weighted by atomic mass is 9.63. The largest absolute Gasteiger partial charge is 0.497 e. The summed E-state index contributed by atoms with van der Waals surface area (Å²) in [6, 6.07) is 11.6. The summed E-state index contributed by atoms with van der Waals surface area (Å²) < 4.78 is 5.24. The second kappa shape index (κ2) is 7.85. The fourth-order valence-electron chi connectivity index (χ4n) is 6.11. The molecular weight excluding hydrogens is 475 g/mol. The van der Waals surface area contributed by atoms with Gasteiger partial charge in [0.05, 0.1) is 29.0 Å². The minimum absolute atomic E-state index is 0.127. The van der Waals surface area contributed by atoms with E-state index in [2.05, 4.69) is 12.2 Å². The van der Waals surface area contributed by atoms with Crippen LogP contribution in [0.5, 0.6) is 5.75 Å². The average Bonchev–Trinajstić information content (AvgIpc) is 3.64. The molecule has 0 radical (unpaired) electrons. The van der Waals surface area contributed by atoms with Gasteiger partial charge in [-0.1, -0.05) is 35.4 Å². The standard InChI is InChI=1S/C26H22Cl2N2O4/c1-34-15-5-3-14(4-6-15)29(24(31)13-2-9-20(27)21(28)10-13)12-30-25(32)22-16-7-8-17(19-11-18(16)19)23(22)26(30)33/h2-10,16-19,22-23H,11-12H2,1H3/t16-,17-,18-,19-,22+,23+/m1/s1. The number of allylic oxidation sites excluding steroid dienone is 2. The first-order valence-electron chi connectivity index (χ1n) is 11.3. The number of rotatable bonds is 5. The van der Waals surface area contributed by atoms with Crippen molar-refractivity contribution in [1.29, 1.82) is 0 Å². The number of methoxy groups -OCH3 is 1. The number of carbonyl (C=O) groups is 3. The Morgan fingerprint density at radius 2 is 1.59 bits per heavy atom. The molecule has 0 N–H and O–H groups in total. The van der Waals surface area contributed by atoms with Crippen molar-refractivity contribution in [3.05, 3.63) is 70.2 Å². The Balaban J connectivity index is 1.34. The molecule has 34 heavy (non-hydrogen) atoms. The Bertz CT molecular complexity index is 1210. The number of halogens is 2. The van der Waals surface area contributed by atoms with Gasteiger partial charge in [-0.05, 0) is 72.6 Å². The van der Waals surface area contributed by atoms with Crippen LogP contribution in [0, 0.1) is 35.5 Å². The summed E-state index contributed by atoms with van der Waals surface area (Å²) in [5.74, 6) is 0.540.